The fraction of sp³-hybridized carbons (Fsp3) is 0.938. The molecular formula is C16H30N2O. The topological polar surface area (TPSA) is 41.1 Å². The van der Waals surface area contributed by atoms with Gasteiger partial charge < -0.3 is 10.6 Å². The standard InChI is InChI=1S/C16H30N2O/c1-12-6-7-13(9-12)10-18-15(19)16(2,3)14-5-4-8-17-11-14/h12-14,17H,4-11H2,1-3H3,(H,18,19). The molecule has 0 aromatic carbocycles. The number of piperidine rings is 1. The Morgan fingerprint density at radius 3 is 2.68 bits per heavy atom. The van der Waals surface area contributed by atoms with E-state index < -0.39 is 0 Å². The molecule has 2 rings (SSSR count). The molecule has 3 unspecified atom stereocenters. The molecule has 1 saturated heterocycles. The summed E-state index contributed by atoms with van der Waals surface area (Å²) in [7, 11) is 0. The molecule has 2 N–H and O–H groups in total. The first-order chi connectivity index (χ1) is 9.00. The van der Waals surface area contributed by atoms with Crippen molar-refractivity contribution in [3.05, 3.63) is 0 Å². The summed E-state index contributed by atoms with van der Waals surface area (Å²) in [5.41, 5.74) is -0.238. The SMILES string of the molecule is CC1CCC(CNC(=O)C(C)(C)C2CCCNC2)C1. The second-order valence-corrected chi connectivity index (χ2v) is 7.26. The third kappa shape index (κ3) is 3.71. The highest BCUT2D eigenvalue weighted by Crippen LogP contribution is 2.33. The minimum atomic E-state index is -0.238. The van der Waals surface area contributed by atoms with Gasteiger partial charge in [0.2, 0.25) is 5.91 Å². The van der Waals surface area contributed by atoms with E-state index in [4.69, 9.17) is 0 Å². The van der Waals surface area contributed by atoms with Crippen molar-refractivity contribution < 1.29 is 4.79 Å². The lowest BCUT2D eigenvalue weighted by Gasteiger charge is -2.36. The Balaban J connectivity index is 1.80. The molecule has 110 valence electrons. The molecule has 3 nitrogen and oxygen atoms in total. The number of hydrogen-bond donors (Lipinski definition) is 2. The molecule has 1 aliphatic heterocycles. The Labute approximate surface area is 117 Å². The van der Waals surface area contributed by atoms with Crippen LogP contribution in [0.2, 0.25) is 0 Å². The average Bonchev–Trinajstić information content (AvgIpc) is 2.82. The number of rotatable bonds is 4. The Hall–Kier alpha value is -0.570. The van der Waals surface area contributed by atoms with Gasteiger partial charge in [-0.3, -0.25) is 4.79 Å². The third-order valence-electron chi connectivity index (χ3n) is 5.26. The van der Waals surface area contributed by atoms with Gasteiger partial charge in [-0.15, -0.1) is 0 Å². The number of amides is 1. The average molecular weight is 266 g/mol. The zero-order valence-corrected chi connectivity index (χ0v) is 12.8. The van der Waals surface area contributed by atoms with Crippen LogP contribution in [0.1, 0.15) is 52.9 Å². The molecule has 0 aromatic heterocycles. The monoisotopic (exact) mass is 266 g/mol. The summed E-state index contributed by atoms with van der Waals surface area (Å²) in [6, 6.07) is 0. The number of nitrogens with one attached hydrogen (secondary N) is 2. The van der Waals surface area contributed by atoms with Gasteiger partial charge in [-0.2, -0.15) is 0 Å². The van der Waals surface area contributed by atoms with Crippen molar-refractivity contribution in [3.63, 3.8) is 0 Å². The molecule has 1 aliphatic carbocycles. The van der Waals surface area contributed by atoms with Gasteiger partial charge in [0.1, 0.15) is 0 Å². The van der Waals surface area contributed by atoms with Gasteiger partial charge in [0, 0.05) is 12.0 Å². The lowest BCUT2D eigenvalue weighted by molar-refractivity contribution is -0.132. The maximum atomic E-state index is 12.5. The molecule has 3 atom stereocenters. The molecule has 2 aliphatic rings. The molecule has 19 heavy (non-hydrogen) atoms. The normalized spacial score (nSPS) is 32.3. The smallest absolute Gasteiger partial charge is 0.225 e. The van der Waals surface area contributed by atoms with E-state index in [-0.39, 0.29) is 11.3 Å². The quantitative estimate of drug-likeness (QED) is 0.821. The van der Waals surface area contributed by atoms with Gasteiger partial charge in [-0.1, -0.05) is 27.2 Å². The van der Waals surface area contributed by atoms with Crippen LogP contribution in [0, 0.1) is 23.2 Å². The van der Waals surface area contributed by atoms with Gasteiger partial charge in [0.25, 0.3) is 0 Å². The summed E-state index contributed by atoms with van der Waals surface area (Å²) in [6.07, 6.45) is 6.27. The summed E-state index contributed by atoms with van der Waals surface area (Å²) in [6.45, 7) is 9.51. The van der Waals surface area contributed by atoms with Crippen molar-refractivity contribution in [2.75, 3.05) is 19.6 Å². The zero-order valence-electron chi connectivity index (χ0n) is 12.8. The van der Waals surface area contributed by atoms with Gasteiger partial charge in [0.15, 0.2) is 0 Å². The maximum absolute atomic E-state index is 12.5. The van der Waals surface area contributed by atoms with E-state index in [2.05, 4.69) is 31.4 Å². The Bertz CT molecular complexity index is 308. The molecule has 2 fully saturated rings. The largest absolute Gasteiger partial charge is 0.355 e. The van der Waals surface area contributed by atoms with Crippen LogP contribution in [-0.2, 0) is 4.79 Å². The van der Waals surface area contributed by atoms with Crippen LogP contribution < -0.4 is 10.6 Å². The first kappa shape index (κ1) is 14.8. The lowest BCUT2D eigenvalue weighted by atomic mass is 9.74. The second-order valence-electron chi connectivity index (χ2n) is 7.26. The molecule has 0 bridgehead atoms. The summed E-state index contributed by atoms with van der Waals surface area (Å²) in [4.78, 5) is 12.5. The molecule has 3 heteroatoms. The van der Waals surface area contributed by atoms with E-state index in [9.17, 15) is 4.79 Å². The predicted octanol–water partition coefficient (Wildman–Crippen LogP) is 2.56. The number of carbonyl (C=O) groups is 1. The minimum Gasteiger partial charge on any atom is -0.355 e. The van der Waals surface area contributed by atoms with Crippen LogP contribution in [0.25, 0.3) is 0 Å². The van der Waals surface area contributed by atoms with Crippen molar-refractivity contribution >= 4 is 5.91 Å². The molecule has 0 spiro atoms. The van der Waals surface area contributed by atoms with E-state index in [1.165, 1.54) is 32.1 Å². The number of hydrogen-bond acceptors (Lipinski definition) is 2. The van der Waals surface area contributed by atoms with E-state index in [0.29, 0.717) is 11.8 Å². The van der Waals surface area contributed by atoms with Gasteiger partial charge >= 0.3 is 0 Å². The Morgan fingerprint density at radius 2 is 2.11 bits per heavy atom. The molecule has 1 saturated carbocycles. The molecule has 0 radical (unpaired) electrons. The van der Waals surface area contributed by atoms with E-state index in [1.807, 2.05) is 0 Å². The van der Waals surface area contributed by atoms with Crippen LogP contribution in [0.3, 0.4) is 0 Å². The highest BCUT2D eigenvalue weighted by atomic mass is 16.2. The van der Waals surface area contributed by atoms with Crippen LogP contribution in [0.4, 0.5) is 0 Å². The van der Waals surface area contributed by atoms with Crippen molar-refractivity contribution in [1.29, 1.82) is 0 Å². The second kappa shape index (κ2) is 6.25. The van der Waals surface area contributed by atoms with Gasteiger partial charge in [-0.05, 0) is 56.5 Å². The Morgan fingerprint density at radius 1 is 1.32 bits per heavy atom. The fourth-order valence-corrected chi connectivity index (χ4v) is 3.63. The summed E-state index contributed by atoms with van der Waals surface area (Å²) in [5.74, 6) is 2.28. The summed E-state index contributed by atoms with van der Waals surface area (Å²) in [5, 5.41) is 6.63. The molecular weight excluding hydrogens is 236 g/mol. The molecule has 1 heterocycles. The third-order valence-corrected chi connectivity index (χ3v) is 5.26. The van der Waals surface area contributed by atoms with Crippen LogP contribution in [0.15, 0.2) is 0 Å². The molecule has 1 amide bonds. The van der Waals surface area contributed by atoms with Crippen LogP contribution >= 0.6 is 0 Å². The predicted molar refractivity (Wildman–Crippen MR) is 78.9 cm³/mol. The molecule has 0 aromatic rings. The summed E-state index contributed by atoms with van der Waals surface area (Å²) < 4.78 is 0. The first-order valence-electron chi connectivity index (χ1n) is 7.99. The van der Waals surface area contributed by atoms with Crippen molar-refractivity contribution in [2.24, 2.45) is 23.2 Å². The van der Waals surface area contributed by atoms with Gasteiger partial charge in [-0.25, -0.2) is 0 Å². The Kier molecular flexibility index (Phi) is 4.88. The van der Waals surface area contributed by atoms with E-state index in [1.54, 1.807) is 0 Å². The first-order valence-corrected chi connectivity index (χ1v) is 7.99. The maximum Gasteiger partial charge on any atom is 0.225 e. The van der Waals surface area contributed by atoms with E-state index >= 15 is 0 Å². The van der Waals surface area contributed by atoms with Crippen molar-refractivity contribution in [2.45, 2.75) is 52.9 Å². The number of carbonyl (C=O) groups excluding carboxylic acids is 1. The fourth-order valence-electron chi connectivity index (χ4n) is 3.63. The van der Waals surface area contributed by atoms with Crippen molar-refractivity contribution in [1.82, 2.24) is 10.6 Å². The summed E-state index contributed by atoms with van der Waals surface area (Å²) >= 11 is 0. The van der Waals surface area contributed by atoms with Crippen LogP contribution in [-0.4, -0.2) is 25.5 Å². The van der Waals surface area contributed by atoms with Crippen LogP contribution in [0.5, 0.6) is 0 Å². The zero-order chi connectivity index (χ0) is 13.9. The van der Waals surface area contributed by atoms with Crippen molar-refractivity contribution in [3.8, 4) is 0 Å². The van der Waals surface area contributed by atoms with Gasteiger partial charge in [0.05, 0.1) is 0 Å². The highest BCUT2D eigenvalue weighted by molar-refractivity contribution is 5.82. The minimum absolute atomic E-state index is 0.238. The van der Waals surface area contributed by atoms with E-state index in [0.717, 1.165) is 25.6 Å². The highest BCUT2D eigenvalue weighted by Gasteiger charge is 2.37. The lowest BCUT2D eigenvalue weighted by Crippen LogP contribution is -2.48.